The van der Waals surface area contributed by atoms with Crippen molar-refractivity contribution in [3.63, 3.8) is 0 Å². The van der Waals surface area contributed by atoms with E-state index in [2.05, 4.69) is 4.98 Å². The maximum absolute atomic E-state index is 12.1. The molecular formula is C17H20N2O5. The molecule has 1 heterocycles. The number of aryl methyl sites for hydroxylation is 1. The van der Waals surface area contributed by atoms with E-state index in [4.69, 9.17) is 9.47 Å². The van der Waals surface area contributed by atoms with Gasteiger partial charge in [0.05, 0.1) is 23.4 Å². The van der Waals surface area contributed by atoms with Gasteiger partial charge in [-0.05, 0) is 31.4 Å². The highest BCUT2D eigenvalue weighted by Crippen LogP contribution is 2.24. The lowest BCUT2D eigenvalue weighted by Crippen LogP contribution is -2.32. The molecule has 1 aliphatic carbocycles. The Balaban J connectivity index is 1.73. The van der Waals surface area contributed by atoms with Crippen LogP contribution in [0.25, 0.3) is 10.9 Å². The molecule has 2 atom stereocenters. The van der Waals surface area contributed by atoms with E-state index in [0.717, 1.165) is 19.3 Å². The normalized spacial score (nSPS) is 20.4. The molecule has 0 aliphatic heterocycles. The standard InChI is InChI=1S/C17H20N2O5/c1-23-13-7-4-8-14(13)24-15(20)9-10-19-12-6-3-2-5-11(12)16(21)18-17(19)22/h2-3,5-6,13-14H,4,7-10H2,1H3,(H,18,21,22)/t13-,14+/m0/s1. The third-order valence-electron chi connectivity index (χ3n) is 4.42. The van der Waals surface area contributed by atoms with Crippen LogP contribution in [0.3, 0.4) is 0 Å². The van der Waals surface area contributed by atoms with Gasteiger partial charge in [0.1, 0.15) is 6.10 Å². The number of aromatic nitrogens is 2. The topological polar surface area (TPSA) is 90.4 Å². The van der Waals surface area contributed by atoms with E-state index in [1.807, 2.05) is 0 Å². The summed E-state index contributed by atoms with van der Waals surface area (Å²) in [5.41, 5.74) is -0.444. The zero-order chi connectivity index (χ0) is 17.1. The van der Waals surface area contributed by atoms with Crippen LogP contribution in [0.1, 0.15) is 25.7 Å². The van der Waals surface area contributed by atoms with Gasteiger partial charge in [0.15, 0.2) is 0 Å². The summed E-state index contributed by atoms with van der Waals surface area (Å²) in [7, 11) is 1.61. The summed E-state index contributed by atoms with van der Waals surface area (Å²) < 4.78 is 12.2. The van der Waals surface area contributed by atoms with Crippen molar-refractivity contribution < 1.29 is 14.3 Å². The number of rotatable bonds is 5. The van der Waals surface area contributed by atoms with Gasteiger partial charge in [0, 0.05) is 13.7 Å². The van der Waals surface area contributed by atoms with E-state index in [9.17, 15) is 14.4 Å². The Morgan fingerprint density at radius 1 is 1.25 bits per heavy atom. The zero-order valence-corrected chi connectivity index (χ0v) is 13.5. The van der Waals surface area contributed by atoms with Crippen molar-refractivity contribution in [1.82, 2.24) is 9.55 Å². The van der Waals surface area contributed by atoms with Crippen LogP contribution < -0.4 is 11.2 Å². The van der Waals surface area contributed by atoms with Gasteiger partial charge in [-0.3, -0.25) is 19.1 Å². The molecule has 128 valence electrons. The quantitative estimate of drug-likeness (QED) is 0.831. The van der Waals surface area contributed by atoms with Crippen molar-refractivity contribution in [2.75, 3.05) is 7.11 Å². The van der Waals surface area contributed by atoms with Crippen LogP contribution in [0.5, 0.6) is 0 Å². The van der Waals surface area contributed by atoms with Crippen LogP contribution in [0, 0.1) is 0 Å². The third kappa shape index (κ3) is 3.26. The molecule has 1 aromatic heterocycles. The van der Waals surface area contributed by atoms with Crippen LogP contribution in [0.15, 0.2) is 33.9 Å². The second kappa shape index (κ2) is 7.00. The number of nitrogens with one attached hydrogen (secondary N) is 1. The average molecular weight is 332 g/mol. The van der Waals surface area contributed by atoms with Crippen LogP contribution in [-0.4, -0.2) is 34.8 Å². The highest BCUT2D eigenvalue weighted by molar-refractivity contribution is 5.78. The summed E-state index contributed by atoms with van der Waals surface area (Å²) in [5.74, 6) is -0.369. The number of esters is 1. The number of para-hydroxylation sites is 1. The fourth-order valence-electron chi connectivity index (χ4n) is 3.19. The maximum Gasteiger partial charge on any atom is 0.328 e. The molecular weight excluding hydrogens is 312 g/mol. The van der Waals surface area contributed by atoms with Gasteiger partial charge in [-0.25, -0.2) is 4.79 Å². The molecule has 0 radical (unpaired) electrons. The number of methoxy groups -OCH3 is 1. The number of benzene rings is 1. The second-order valence-corrected chi connectivity index (χ2v) is 5.91. The van der Waals surface area contributed by atoms with Gasteiger partial charge in [-0.2, -0.15) is 0 Å². The van der Waals surface area contributed by atoms with Crippen LogP contribution in [-0.2, 0) is 20.8 Å². The second-order valence-electron chi connectivity index (χ2n) is 5.91. The molecule has 7 nitrogen and oxygen atoms in total. The molecule has 1 aliphatic rings. The molecule has 0 spiro atoms. The third-order valence-corrected chi connectivity index (χ3v) is 4.42. The van der Waals surface area contributed by atoms with Crippen molar-refractivity contribution in [3.05, 3.63) is 45.1 Å². The summed E-state index contributed by atoms with van der Waals surface area (Å²) in [5, 5.41) is 0.417. The monoisotopic (exact) mass is 332 g/mol. The Labute approximate surface area is 138 Å². The van der Waals surface area contributed by atoms with Gasteiger partial charge in [0.25, 0.3) is 5.56 Å². The zero-order valence-electron chi connectivity index (χ0n) is 13.5. The molecule has 2 aromatic rings. The number of hydrogen-bond acceptors (Lipinski definition) is 5. The number of fused-ring (bicyclic) bond motifs is 1. The average Bonchev–Trinajstić information content (AvgIpc) is 3.01. The first-order valence-corrected chi connectivity index (χ1v) is 8.04. The summed E-state index contributed by atoms with van der Waals surface area (Å²) >= 11 is 0. The van der Waals surface area contributed by atoms with Crippen molar-refractivity contribution in [3.8, 4) is 0 Å². The van der Waals surface area contributed by atoms with E-state index in [1.54, 1.807) is 31.4 Å². The Hall–Kier alpha value is -2.41. The lowest BCUT2D eigenvalue weighted by Gasteiger charge is -2.19. The fraction of sp³-hybridized carbons (Fsp3) is 0.471. The molecule has 24 heavy (non-hydrogen) atoms. The lowest BCUT2D eigenvalue weighted by atomic mass is 10.2. The highest BCUT2D eigenvalue weighted by atomic mass is 16.6. The van der Waals surface area contributed by atoms with Gasteiger partial charge >= 0.3 is 11.7 Å². The number of H-pyrrole nitrogens is 1. The first-order chi connectivity index (χ1) is 11.6. The number of nitrogens with zero attached hydrogens (tertiary/aromatic N) is 1. The SMILES string of the molecule is CO[C@H]1CCC[C@H]1OC(=O)CCn1c(=O)[nH]c(=O)c2ccccc21. The molecule has 1 fully saturated rings. The first kappa shape index (κ1) is 16.4. The minimum Gasteiger partial charge on any atom is -0.460 e. The number of aromatic amines is 1. The van der Waals surface area contributed by atoms with Crippen molar-refractivity contribution >= 4 is 16.9 Å². The highest BCUT2D eigenvalue weighted by Gasteiger charge is 2.30. The number of carbonyl (C=O) groups excluding carboxylic acids is 1. The predicted molar refractivity (Wildman–Crippen MR) is 88.0 cm³/mol. The van der Waals surface area contributed by atoms with E-state index in [-0.39, 0.29) is 31.1 Å². The van der Waals surface area contributed by atoms with Gasteiger partial charge < -0.3 is 9.47 Å². The van der Waals surface area contributed by atoms with E-state index in [0.29, 0.717) is 10.9 Å². The predicted octanol–water partition coefficient (Wildman–Crippen LogP) is 1.19. The van der Waals surface area contributed by atoms with Crippen molar-refractivity contribution in [2.45, 2.75) is 44.4 Å². The Morgan fingerprint density at radius 2 is 2.00 bits per heavy atom. The van der Waals surface area contributed by atoms with E-state index < -0.39 is 11.2 Å². The largest absolute Gasteiger partial charge is 0.460 e. The molecule has 3 rings (SSSR count). The summed E-state index contributed by atoms with van der Waals surface area (Å²) in [4.78, 5) is 38.2. The minimum atomic E-state index is -0.526. The van der Waals surface area contributed by atoms with Crippen LogP contribution in [0.2, 0.25) is 0 Å². The van der Waals surface area contributed by atoms with Gasteiger partial charge in [-0.1, -0.05) is 12.1 Å². The molecule has 0 bridgehead atoms. The van der Waals surface area contributed by atoms with E-state index in [1.165, 1.54) is 4.57 Å². The van der Waals surface area contributed by atoms with Crippen LogP contribution in [0.4, 0.5) is 0 Å². The fourth-order valence-corrected chi connectivity index (χ4v) is 3.19. The smallest absolute Gasteiger partial charge is 0.328 e. The van der Waals surface area contributed by atoms with Crippen LogP contribution >= 0.6 is 0 Å². The van der Waals surface area contributed by atoms with Gasteiger partial charge in [0.2, 0.25) is 0 Å². The van der Waals surface area contributed by atoms with E-state index >= 15 is 0 Å². The van der Waals surface area contributed by atoms with Crippen molar-refractivity contribution in [1.29, 1.82) is 0 Å². The number of ether oxygens (including phenoxy) is 2. The Bertz CT molecular complexity index is 854. The molecule has 1 saturated carbocycles. The minimum absolute atomic E-state index is 0.0504. The summed E-state index contributed by atoms with van der Waals surface area (Å²) in [6.07, 6.45) is 2.45. The summed E-state index contributed by atoms with van der Waals surface area (Å²) in [6.45, 7) is 0.152. The number of carbonyl (C=O) groups is 1. The Kier molecular flexibility index (Phi) is 4.80. The molecule has 0 unspecified atom stereocenters. The first-order valence-electron chi connectivity index (χ1n) is 8.04. The molecule has 0 saturated heterocycles. The summed E-state index contributed by atoms with van der Waals surface area (Å²) in [6, 6.07) is 6.81. The number of hydrogen-bond donors (Lipinski definition) is 1. The van der Waals surface area contributed by atoms with Crippen molar-refractivity contribution in [2.24, 2.45) is 0 Å². The lowest BCUT2D eigenvalue weighted by molar-refractivity contribution is -0.154. The molecule has 1 aromatic carbocycles. The van der Waals surface area contributed by atoms with Gasteiger partial charge in [-0.15, -0.1) is 0 Å². The Morgan fingerprint density at radius 3 is 2.79 bits per heavy atom. The molecule has 1 N–H and O–H groups in total. The molecule has 0 amide bonds. The molecule has 7 heteroatoms. The maximum atomic E-state index is 12.1.